The lowest BCUT2D eigenvalue weighted by Crippen LogP contribution is -2.61. The summed E-state index contributed by atoms with van der Waals surface area (Å²) in [5.74, 6) is -1.28. The molecule has 1 aromatic heterocycles. The van der Waals surface area contributed by atoms with Crippen molar-refractivity contribution in [1.29, 1.82) is 0 Å². The maximum absolute atomic E-state index is 13.3. The van der Waals surface area contributed by atoms with E-state index >= 15 is 0 Å². The molecule has 0 radical (unpaired) electrons. The van der Waals surface area contributed by atoms with Crippen LogP contribution in [0.25, 0.3) is 6.08 Å². The predicted octanol–water partition coefficient (Wildman–Crippen LogP) is 4.33. The number of nitrogens with zero attached hydrogens (tertiary/aromatic N) is 5. The quantitative estimate of drug-likeness (QED) is 0.285. The summed E-state index contributed by atoms with van der Waals surface area (Å²) in [5.41, 5.74) is 3.13. The van der Waals surface area contributed by atoms with Crippen molar-refractivity contribution in [2.75, 3.05) is 9.80 Å². The summed E-state index contributed by atoms with van der Waals surface area (Å²) >= 11 is 6.05. The van der Waals surface area contributed by atoms with Gasteiger partial charge in [-0.25, -0.2) is 4.68 Å². The molecule has 0 aliphatic carbocycles. The van der Waals surface area contributed by atoms with Crippen LogP contribution in [0.2, 0.25) is 5.02 Å². The first-order chi connectivity index (χ1) is 18.0. The van der Waals surface area contributed by atoms with E-state index in [2.05, 4.69) is 10.3 Å². The zero-order valence-corrected chi connectivity index (χ0v) is 20.2. The first-order valence-electron chi connectivity index (χ1n) is 11.7. The van der Waals surface area contributed by atoms with Gasteiger partial charge < -0.3 is 4.90 Å². The van der Waals surface area contributed by atoms with E-state index in [0.29, 0.717) is 22.0 Å². The van der Waals surface area contributed by atoms with Gasteiger partial charge in [0, 0.05) is 10.7 Å². The molecule has 8 nitrogen and oxygen atoms in total. The molecule has 37 heavy (non-hydrogen) atoms. The molecule has 0 spiro atoms. The second kappa shape index (κ2) is 9.15. The number of para-hydroxylation sites is 1. The number of hydrogen-bond acceptors (Lipinski definition) is 5. The summed E-state index contributed by atoms with van der Waals surface area (Å²) in [6, 6.07) is 22.8. The van der Waals surface area contributed by atoms with Crippen LogP contribution in [0.3, 0.4) is 0 Å². The van der Waals surface area contributed by atoms with Gasteiger partial charge in [0.1, 0.15) is 5.69 Å². The SMILES string of the molecule is O=C1C(=O)N(Cc2cn([C@@H]3C(=O)N(c4ccc(Cl)cc4)[C@@H]3/C=C/c3ccccc3)nn2)c2ccccc21. The molecule has 0 saturated carbocycles. The number of fused-ring (bicyclic) bond motifs is 1. The number of anilines is 2. The van der Waals surface area contributed by atoms with E-state index in [9.17, 15) is 14.4 Å². The normalized spacial score (nSPS) is 19.0. The van der Waals surface area contributed by atoms with Crippen LogP contribution >= 0.6 is 11.6 Å². The zero-order chi connectivity index (χ0) is 25.5. The Morgan fingerprint density at radius 2 is 1.62 bits per heavy atom. The number of halogens is 1. The number of amides is 2. The molecule has 6 rings (SSSR count). The van der Waals surface area contributed by atoms with Crippen molar-refractivity contribution in [1.82, 2.24) is 15.0 Å². The van der Waals surface area contributed by atoms with E-state index in [4.69, 9.17) is 11.6 Å². The Labute approximate surface area is 217 Å². The van der Waals surface area contributed by atoms with Crippen molar-refractivity contribution in [2.45, 2.75) is 18.6 Å². The molecule has 2 atom stereocenters. The van der Waals surface area contributed by atoms with Gasteiger partial charge in [-0.15, -0.1) is 5.10 Å². The average Bonchev–Trinajstić information content (AvgIpc) is 3.46. The lowest BCUT2D eigenvalue weighted by Gasteiger charge is -2.45. The van der Waals surface area contributed by atoms with Gasteiger partial charge in [0.15, 0.2) is 6.04 Å². The molecule has 3 heterocycles. The van der Waals surface area contributed by atoms with Gasteiger partial charge >= 0.3 is 0 Å². The molecular weight excluding hydrogens is 490 g/mol. The monoisotopic (exact) mass is 509 g/mol. The van der Waals surface area contributed by atoms with Crippen LogP contribution in [0.1, 0.15) is 27.7 Å². The van der Waals surface area contributed by atoms with Gasteiger partial charge in [0.05, 0.1) is 30.0 Å². The van der Waals surface area contributed by atoms with Gasteiger partial charge in [0.25, 0.3) is 17.6 Å². The van der Waals surface area contributed by atoms with Crippen LogP contribution < -0.4 is 9.80 Å². The van der Waals surface area contributed by atoms with E-state index in [-0.39, 0.29) is 18.5 Å². The standard InChI is InChI=1S/C28H20ClN5O3/c29-19-11-13-21(14-12-19)34-24(15-10-18-6-2-1-3-7-18)25(27(34)36)33-17-20(30-31-33)16-32-23-9-5-4-8-22(23)26(35)28(32)37/h1-15,17,24-25H,16H2/b15-10+/t24-,25+/m1/s1. The number of benzene rings is 3. The number of aromatic nitrogens is 3. The smallest absolute Gasteiger partial charge is 0.299 e. The van der Waals surface area contributed by atoms with Gasteiger partial charge in [-0.2, -0.15) is 0 Å². The van der Waals surface area contributed by atoms with Crippen LogP contribution in [0, 0.1) is 0 Å². The first kappa shape index (κ1) is 22.9. The Hall–Kier alpha value is -4.56. The highest BCUT2D eigenvalue weighted by atomic mass is 35.5. The largest absolute Gasteiger partial charge is 0.301 e. The first-order valence-corrected chi connectivity index (χ1v) is 12.1. The number of hydrogen-bond donors (Lipinski definition) is 0. The summed E-state index contributed by atoms with van der Waals surface area (Å²) in [5, 5.41) is 9.01. The highest BCUT2D eigenvalue weighted by Gasteiger charge is 2.49. The summed E-state index contributed by atoms with van der Waals surface area (Å²) in [7, 11) is 0. The molecule has 3 aromatic carbocycles. The van der Waals surface area contributed by atoms with Crippen LogP contribution in [0.4, 0.5) is 11.4 Å². The van der Waals surface area contributed by atoms with Gasteiger partial charge in [-0.3, -0.25) is 19.3 Å². The third kappa shape index (κ3) is 4.01. The number of carbonyl (C=O) groups is 3. The topological polar surface area (TPSA) is 88.4 Å². The molecule has 2 aliphatic heterocycles. The maximum atomic E-state index is 13.3. The Kier molecular flexibility index (Phi) is 5.65. The highest BCUT2D eigenvalue weighted by molar-refractivity contribution is 6.52. The summed E-state index contributed by atoms with van der Waals surface area (Å²) in [6.45, 7) is 0.0773. The van der Waals surface area contributed by atoms with Crippen LogP contribution in [-0.2, 0) is 16.1 Å². The molecule has 2 amide bonds. The summed E-state index contributed by atoms with van der Waals surface area (Å²) in [4.78, 5) is 41.3. The number of β-lactam (4-membered cyclic amide) rings is 1. The van der Waals surface area contributed by atoms with Crippen molar-refractivity contribution < 1.29 is 14.4 Å². The van der Waals surface area contributed by atoms with E-state index < -0.39 is 17.7 Å². The summed E-state index contributed by atoms with van der Waals surface area (Å²) in [6.07, 6.45) is 5.59. The molecule has 2 aliphatic rings. The van der Waals surface area contributed by atoms with Gasteiger partial charge in [0.2, 0.25) is 0 Å². The lowest BCUT2D eigenvalue weighted by atomic mass is 9.92. The predicted molar refractivity (Wildman–Crippen MR) is 139 cm³/mol. The fourth-order valence-electron chi connectivity index (χ4n) is 4.72. The minimum Gasteiger partial charge on any atom is -0.301 e. The Bertz CT molecular complexity index is 1550. The summed E-state index contributed by atoms with van der Waals surface area (Å²) < 4.78 is 1.53. The van der Waals surface area contributed by atoms with Crippen molar-refractivity contribution >= 4 is 46.6 Å². The number of Topliss-reactive ketones (excluding diaryl/α,β-unsaturated/α-hetero) is 1. The zero-order valence-electron chi connectivity index (χ0n) is 19.4. The molecular formula is C28H20ClN5O3. The Balaban J connectivity index is 1.28. The molecule has 0 bridgehead atoms. The van der Waals surface area contributed by atoms with Crippen LogP contribution in [0.5, 0.6) is 0 Å². The minimum absolute atomic E-state index is 0.0773. The van der Waals surface area contributed by atoms with Crippen LogP contribution in [-0.4, -0.2) is 38.6 Å². The number of rotatable bonds is 6. The molecule has 0 N–H and O–H groups in total. The highest BCUT2D eigenvalue weighted by Crippen LogP contribution is 2.37. The van der Waals surface area contributed by atoms with Crippen molar-refractivity contribution in [2.24, 2.45) is 0 Å². The van der Waals surface area contributed by atoms with E-state index in [1.807, 2.05) is 42.5 Å². The second-order valence-corrected chi connectivity index (χ2v) is 9.25. The molecule has 4 aromatic rings. The molecule has 1 saturated heterocycles. The third-order valence-electron chi connectivity index (χ3n) is 6.54. The van der Waals surface area contributed by atoms with E-state index in [1.165, 1.54) is 9.58 Å². The molecule has 9 heteroatoms. The Morgan fingerprint density at radius 1 is 0.892 bits per heavy atom. The lowest BCUT2D eigenvalue weighted by molar-refractivity contribution is -0.128. The molecule has 0 unspecified atom stereocenters. The molecule has 182 valence electrons. The molecule has 1 fully saturated rings. The maximum Gasteiger partial charge on any atom is 0.299 e. The number of ketones is 1. The fourth-order valence-corrected chi connectivity index (χ4v) is 4.85. The van der Waals surface area contributed by atoms with Crippen molar-refractivity contribution in [3.05, 3.63) is 113 Å². The fraction of sp³-hybridized carbons (Fsp3) is 0.107. The third-order valence-corrected chi connectivity index (χ3v) is 6.80. The van der Waals surface area contributed by atoms with Crippen LogP contribution in [0.15, 0.2) is 91.1 Å². The average molecular weight is 510 g/mol. The van der Waals surface area contributed by atoms with E-state index in [1.54, 1.807) is 59.6 Å². The second-order valence-electron chi connectivity index (χ2n) is 8.82. The number of carbonyl (C=O) groups excluding carboxylic acids is 3. The van der Waals surface area contributed by atoms with Crippen molar-refractivity contribution in [3.8, 4) is 0 Å². The van der Waals surface area contributed by atoms with Crippen molar-refractivity contribution in [3.63, 3.8) is 0 Å². The minimum atomic E-state index is -0.611. The van der Waals surface area contributed by atoms with Gasteiger partial charge in [-0.05, 0) is 42.0 Å². The van der Waals surface area contributed by atoms with Gasteiger partial charge in [-0.1, -0.05) is 71.4 Å². The Morgan fingerprint density at radius 3 is 2.41 bits per heavy atom. The van der Waals surface area contributed by atoms with E-state index in [0.717, 1.165) is 11.3 Å².